The number of rotatable bonds is 2. The lowest BCUT2D eigenvalue weighted by molar-refractivity contribution is 0.115. The Balaban J connectivity index is 2.73. The van der Waals surface area contributed by atoms with Crippen LogP contribution in [0.5, 0.6) is 0 Å². The van der Waals surface area contributed by atoms with Gasteiger partial charge in [0.2, 0.25) is 0 Å². The standard InChI is InChI=1S/C4H3Br2F2N3/c5-3-4(6)10-11(9-3)1-2(7)8/h2H,1H2. The number of nitrogens with zero attached hydrogens (tertiary/aromatic N) is 3. The van der Waals surface area contributed by atoms with E-state index in [9.17, 15) is 8.78 Å². The van der Waals surface area contributed by atoms with Gasteiger partial charge in [-0.1, -0.05) is 0 Å². The third kappa shape index (κ3) is 2.48. The van der Waals surface area contributed by atoms with Crippen molar-refractivity contribution in [2.75, 3.05) is 0 Å². The number of halogens is 4. The number of aromatic nitrogens is 3. The number of alkyl halides is 2. The van der Waals surface area contributed by atoms with E-state index in [0.29, 0.717) is 9.21 Å². The molecular weight excluding hydrogens is 288 g/mol. The van der Waals surface area contributed by atoms with Crippen LogP contribution < -0.4 is 0 Å². The molecule has 0 aliphatic rings. The van der Waals surface area contributed by atoms with Gasteiger partial charge in [-0.2, -0.15) is 4.80 Å². The summed E-state index contributed by atoms with van der Waals surface area (Å²) in [6.07, 6.45) is -2.43. The number of hydrogen-bond donors (Lipinski definition) is 0. The van der Waals surface area contributed by atoms with E-state index in [-0.39, 0.29) is 0 Å². The van der Waals surface area contributed by atoms with Crippen molar-refractivity contribution in [3.63, 3.8) is 0 Å². The molecule has 0 saturated carbocycles. The highest BCUT2D eigenvalue weighted by Crippen LogP contribution is 2.17. The van der Waals surface area contributed by atoms with Crippen molar-refractivity contribution in [3.05, 3.63) is 9.21 Å². The maximum absolute atomic E-state index is 11.7. The van der Waals surface area contributed by atoms with E-state index in [2.05, 4.69) is 42.1 Å². The monoisotopic (exact) mass is 289 g/mol. The highest BCUT2D eigenvalue weighted by Gasteiger charge is 2.09. The molecule has 0 aromatic carbocycles. The Kier molecular flexibility index (Phi) is 2.94. The van der Waals surface area contributed by atoms with Gasteiger partial charge in [0.15, 0.2) is 9.21 Å². The van der Waals surface area contributed by atoms with Gasteiger partial charge in [-0.25, -0.2) is 8.78 Å². The van der Waals surface area contributed by atoms with E-state index in [4.69, 9.17) is 0 Å². The molecule has 1 aromatic heterocycles. The molecule has 0 radical (unpaired) electrons. The van der Waals surface area contributed by atoms with Crippen LogP contribution in [-0.2, 0) is 6.54 Å². The maximum atomic E-state index is 11.7. The van der Waals surface area contributed by atoms with Crippen molar-refractivity contribution < 1.29 is 8.78 Å². The zero-order chi connectivity index (χ0) is 8.43. The van der Waals surface area contributed by atoms with Crippen LogP contribution >= 0.6 is 31.9 Å². The second kappa shape index (κ2) is 3.57. The normalized spacial score (nSPS) is 11.0. The van der Waals surface area contributed by atoms with Crippen molar-refractivity contribution in [2.24, 2.45) is 0 Å². The first-order valence-electron chi connectivity index (χ1n) is 2.64. The van der Waals surface area contributed by atoms with Gasteiger partial charge in [-0.3, -0.25) is 0 Å². The SMILES string of the molecule is FC(F)Cn1nc(Br)c(Br)n1. The molecule has 0 aliphatic carbocycles. The van der Waals surface area contributed by atoms with Crippen molar-refractivity contribution >= 4 is 31.9 Å². The Hall–Kier alpha value is -0.0400. The highest BCUT2D eigenvalue weighted by molar-refractivity contribution is 9.13. The predicted octanol–water partition coefficient (Wildman–Crippen LogP) is 2.07. The van der Waals surface area contributed by atoms with Gasteiger partial charge in [-0.05, 0) is 31.9 Å². The van der Waals surface area contributed by atoms with Crippen LogP contribution in [0.2, 0.25) is 0 Å². The van der Waals surface area contributed by atoms with Crippen LogP contribution in [0.25, 0.3) is 0 Å². The minimum absolute atomic E-state index is 0.429. The fraction of sp³-hybridized carbons (Fsp3) is 0.500. The highest BCUT2D eigenvalue weighted by atomic mass is 79.9. The molecule has 11 heavy (non-hydrogen) atoms. The zero-order valence-corrected chi connectivity index (χ0v) is 8.31. The maximum Gasteiger partial charge on any atom is 0.259 e. The molecule has 0 bridgehead atoms. The van der Waals surface area contributed by atoms with Crippen LogP contribution in [-0.4, -0.2) is 21.4 Å². The second-order valence-electron chi connectivity index (χ2n) is 1.73. The third-order valence-electron chi connectivity index (χ3n) is 0.878. The van der Waals surface area contributed by atoms with Gasteiger partial charge < -0.3 is 0 Å². The lowest BCUT2D eigenvalue weighted by atomic mass is 10.7. The summed E-state index contributed by atoms with van der Waals surface area (Å²) in [5.74, 6) is 0. The third-order valence-corrected chi connectivity index (χ3v) is 2.48. The van der Waals surface area contributed by atoms with E-state index in [1.807, 2.05) is 0 Å². The first-order chi connectivity index (χ1) is 5.09. The van der Waals surface area contributed by atoms with Crippen LogP contribution in [0.1, 0.15) is 0 Å². The van der Waals surface area contributed by atoms with Crippen molar-refractivity contribution in [2.45, 2.75) is 13.0 Å². The summed E-state index contributed by atoms with van der Waals surface area (Å²) in [5, 5.41) is 7.29. The molecule has 1 rings (SSSR count). The summed E-state index contributed by atoms with van der Waals surface area (Å²) in [6.45, 7) is -0.482. The Labute approximate surface area is 78.0 Å². The zero-order valence-electron chi connectivity index (χ0n) is 5.14. The summed E-state index contributed by atoms with van der Waals surface area (Å²) in [4.78, 5) is 0.929. The first kappa shape index (κ1) is 9.05. The summed E-state index contributed by atoms with van der Waals surface area (Å²) in [7, 11) is 0. The predicted molar refractivity (Wildman–Crippen MR) is 41.4 cm³/mol. The van der Waals surface area contributed by atoms with Gasteiger partial charge in [0.25, 0.3) is 6.43 Å². The average Bonchev–Trinajstić information content (AvgIpc) is 2.10. The summed E-state index contributed by atoms with van der Waals surface area (Å²) in [5.41, 5.74) is 0. The summed E-state index contributed by atoms with van der Waals surface area (Å²) >= 11 is 6.04. The lowest BCUT2D eigenvalue weighted by Crippen LogP contribution is -2.09. The molecule has 0 amide bonds. The second-order valence-corrected chi connectivity index (χ2v) is 3.23. The van der Waals surface area contributed by atoms with Crippen LogP contribution in [0.15, 0.2) is 9.21 Å². The van der Waals surface area contributed by atoms with E-state index in [1.54, 1.807) is 0 Å². The number of hydrogen-bond acceptors (Lipinski definition) is 2. The molecule has 7 heteroatoms. The molecule has 0 fully saturated rings. The van der Waals surface area contributed by atoms with Gasteiger partial charge in [0.1, 0.15) is 6.54 Å². The minimum Gasteiger partial charge on any atom is -0.208 e. The van der Waals surface area contributed by atoms with E-state index >= 15 is 0 Å². The molecule has 0 saturated heterocycles. The quantitative estimate of drug-likeness (QED) is 0.835. The molecule has 1 aromatic rings. The van der Waals surface area contributed by atoms with Crippen LogP contribution in [0, 0.1) is 0 Å². The van der Waals surface area contributed by atoms with Gasteiger partial charge in [0.05, 0.1) is 0 Å². The van der Waals surface area contributed by atoms with E-state index < -0.39 is 13.0 Å². The molecule has 3 nitrogen and oxygen atoms in total. The lowest BCUT2D eigenvalue weighted by Gasteiger charge is -1.94. The molecule has 0 spiro atoms. The largest absolute Gasteiger partial charge is 0.259 e. The van der Waals surface area contributed by atoms with Crippen LogP contribution in [0.4, 0.5) is 8.78 Å². The minimum atomic E-state index is -2.43. The van der Waals surface area contributed by atoms with Crippen LogP contribution in [0.3, 0.4) is 0 Å². The average molecular weight is 291 g/mol. The molecule has 0 unspecified atom stereocenters. The Morgan fingerprint density at radius 1 is 1.27 bits per heavy atom. The van der Waals surface area contributed by atoms with Gasteiger partial charge >= 0.3 is 0 Å². The first-order valence-corrected chi connectivity index (χ1v) is 4.22. The van der Waals surface area contributed by atoms with E-state index in [1.165, 1.54) is 0 Å². The molecule has 0 atom stereocenters. The Morgan fingerprint density at radius 2 is 1.73 bits per heavy atom. The van der Waals surface area contributed by atoms with Gasteiger partial charge in [-0.15, -0.1) is 10.2 Å². The fourth-order valence-electron chi connectivity index (χ4n) is 0.513. The smallest absolute Gasteiger partial charge is 0.208 e. The molecular formula is C4H3Br2F2N3. The van der Waals surface area contributed by atoms with E-state index in [0.717, 1.165) is 4.80 Å². The molecule has 1 heterocycles. The molecule has 62 valence electrons. The summed E-state index contributed by atoms with van der Waals surface area (Å²) < 4.78 is 24.3. The fourth-order valence-corrected chi connectivity index (χ4v) is 1.04. The Morgan fingerprint density at radius 3 is 2.09 bits per heavy atom. The molecule has 0 N–H and O–H groups in total. The summed E-state index contributed by atoms with van der Waals surface area (Å²) in [6, 6.07) is 0. The van der Waals surface area contributed by atoms with Gasteiger partial charge in [0, 0.05) is 0 Å². The van der Waals surface area contributed by atoms with Crippen molar-refractivity contribution in [1.82, 2.24) is 15.0 Å². The molecule has 0 aliphatic heterocycles. The van der Waals surface area contributed by atoms with Crippen molar-refractivity contribution in [3.8, 4) is 0 Å². The topological polar surface area (TPSA) is 30.7 Å². The van der Waals surface area contributed by atoms with Crippen molar-refractivity contribution in [1.29, 1.82) is 0 Å². The Bertz CT molecular complexity index is 230.